The molecule has 0 saturated heterocycles. The molecule has 21 heavy (non-hydrogen) atoms. The summed E-state index contributed by atoms with van der Waals surface area (Å²) in [6.45, 7) is 2.23. The summed E-state index contributed by atoms with van der Waals surface area (Å²) in [6.07, 6.45) is 0. The lowest BCUT2D eigenvalue weighted by Gasteiger charge is -2.14. The normalized spacial score (nSPS) is 10.3. The van der Waals surface area contributed by atoms with Gasteiger partial charge < -0.3 is 14.8 Å². The Hall–Kier alpha value is -1.94. The van der Waals surface area contributed by atoms with Gasteiger partial charge in [0, 0.05) is 12.2 Å². The van der Waals surface area contributed by atoms with Gasteiger partial charge in [-0.15, -0.1) is 0 Å². The van der Waals surface area contributed by atoms with Gasteiger partial charge in [-0.25, -0.2) is 4.39 Å². The number of aryl methyl sites for hydroxylation is 1. The molecule has 0 unspecified atom stereocenters. The lowest BCUT2D eigenvalue weighted by atomic mass is 10.1. The van der Waals surface area contributed by atoms with Crippen molar-refractivity contribution in [1.29, 1.82) is 0 Å². The summed E-state index contributed by atoms with van der Waals surface area (Å²) in [5.74, 6) is 0.877. The molecule has 0 heterocycles. The molecule has 112 valence electrons. The molecule has 2 aromatic rings. The number of anilines is 1. The highest BCUT2D eigenvalue weighted by molar-refractivity contribution is 6.33. The summed E-state index contributed by atoms with van der Waals surface area (Å²) in [7, 11) is 3.11. The quantitative estimate of drug-likeness (QED) is 0.887. The Kier molecular flexibility index (Phi) is 4.91. The molecular formula is C16H17ClFNO2. The first-order valence-electron chi connectivity index (χ1n) is 6.46. The Bertz CT molecular complexity index is 646. The van der Waals surface area contributed by atoms with Crippen molar-refractivity contribution in [2.45, 2.75) is 13.5 Å². The molecule has 0 aliphatic rings. The lowest BCUT2D eigenvalue weighted by Crippen LogP contribution is -2.02. The smallest absolute Gasteiger partial charge is 0.179 e. The fraction of sp³-hybridized carbons (Fsp3) is 0.250. The van der Waals surface area contributed by atoms with Gasteiger partial charge in [0.1, 0.15) is 5.82 Å². The second-order valence-corrected chi connectivity index (χ2v) is 4.97. The zero-order chi connectivity index (χ0) is 15.4. The molecule has 2 aromatic carbocycles. The first-order valence-corrected chi connectivity index (χ1v) is 6.84. The molecule has 0 aliphatic carbocycles. The highest BCUT2D eigenvalue weighted by Gasteiger charge is 2.12. The van der Waals surface area contributed by atoms with E-state index >= 15 is 0 Å². The Morgan fingerprint density at radius 3 is 2.52 bits per heavy atom. The summed E-state index contributed by atoms with van der Waals surface area (Å²) >= 11 is 6.31. The first-order chi connectivity index (χ1) is 10.1. The van der Waals surface area contributed by atoms with Crippen LogP contribution in [-0.2, 0) is 6.54 Å². The van der Waals surface area contributed by atoms with Gasteiger partial charge >= 0.3 is 0 Å². The van der Waals surface area contributed by atoms with E-state index in [-0.39, 0.29) is 5.82 Å². The number of rotatable bonds is 5. The van der Waals surface area contributed by atoms with Crippen molar-refractivity contribution < 1.29 is 13.9 Å². The number of hydrogen-bond donors (Lipinski definition) is 1. The van der Waals surface area contributed by atoms with E-state index in [1.165, 1.54) is 6.07 Å². The number of ether oxygens (including phenoxy) is 2. The van der Waals surface area contributed by atoms with Gasteiger partial charge in [-0.3, -0.25) is 0 Å². The molecule has 0 saturated carbocycles. The van der Waals surface area contributed by atoms with Crippen molar-refractivity contribution in [2.75, 3.05) is 19.5 Å². The third-order valence-corrected chi connectivity index (χ3v) is 3.62. The maximum Gasteiger partial charge on any atom is 0.179 e. The molecule has 2 rings (SSSR count). The highest BCUT2D eigenvalue weighted by atomic mass is 35.5. The van der Waals surface area contributed by atoms with Crippen LogP contribution in [0.3, 0.4) is 0 Å². The van der Waals surface area contributed by atoms with Gasteiger partial charge in [0.2, 0.25) is 0 Å². The van der Waals surface area contributed by atoms with Gasteiger partial charge in [0.25, 0.3) is 0 Å². The second-order valence-electron chi connectivity index (χ2n) is 4.59. The molecular weight excluding hydrogens is 293 g/mol. The van der Waals surface area contributed by atoms with E-state index < -0.39 is 0 Å². The Balaban J connectivity index is 2.18. The van der Waals surface area contributed by atoms with Crippen LogP contribution in [0, 0.1) is 12.7 Å². The number of hydrogen-bond acceptors (Lipinski definition) is 3. The van der Waals surface area contributed by atoms with Crippen LogP contribution >= 0.6 is 11.6 Å². The fourth-order valence-corrected chi connectivity index (χ4v) is 2.32. The monoisotopic (exact) mass is 309 g/mol. The summed E-state index contributed by atoms with van der Waals surface area (Å²) in [6, 6.07) is 8.56. The van der Waals surface area contributed by atoms with Crippen molar-refractivity contribution >= 4 is 17.3 Å². The minimum Gasteiger partial charge on any atom is -0.493 e. The molecule has 5 heteroatoms. The minimum atomic E-state index is -0.218. The van der Waals surface area contributed by atoms with Crippen molar-refractivity contribution in [3.63, 3.8) is 0 Å². The third-order valence-electron chi connectivity index (χ3n) is 3.21. The predicted molar refractivity (Wildman–Crippen MR) is 83.0 cm³/mol. The average molecular weight is 310 g/mol. The second kappa shape index (κ2) is 6.68. The van der Waals surface area contributed by atoms with Crippen LogP contribution in [0.5, 0.6) is 11.5 Å². The van der Waals surface area contributed by atoms with Crippen LogP contribution in [0.15, 0.2) is 30.3 Å². The molecule has 0 radical (unpaired) electrons. The van der Waals surface area contributed by atoms with E-state index in [0.717, 1.165) is 11.3 Å². The van der Waals surface area contributed by atoms with E-state index in [1.807, 2.05) is 6.07 Å². The van der Waals surface area contributed by atoms with Gasteiger partial charge in [-0.05, 0) is 42.3 Å². The summed E-state index contributed by atoms with van der Waals surface area (Å²) < 4.78 is 23.7. The van der Waals surface area contributed by atoms with Crippen LogP contribution in [0.25, 0.3) is 0 Å². The molecule has 1 N–H and O–H groups in total. The van der Waals surface area contributed by atoms with E-state index in [0.29, 0.717) is 28.6 Å². The van der Waals surface area contributed by atoms with E-state index in [9.17, 15) is 4.39 Å². The van der Waals surface area contributed by atoms with E-state index in [1.54, 1.807) is 39.3 Å². The molecule has 0 atom stereocenters. The Labute approximate surface area is 128 Å². The zero-order valence-corrected chi connectivity index (χ0v) is 12.9. The SMILES string of the molecule is COc1ccc(CNc2ccc(F)c(C)c2)c(Cl)c1OC. The third kappa shape index (κ3) is 3.39. The Morgan fingerprint density at radius 2 is 1.90 bits per heavy atom. The van der Waals surface area contributed by atoms with Crippen molar-refractivity contribution in [3.05, 3.63) is 52.3 Å². The van der Waals surface area contributed by atoms with Gasteiger partial charge in [0.15, 0.2) is 11.5 Å². The highest BCUT2D eigenvalue weighted by Crippen LogP contribution is 2.37. The molecule has 0 bridgehead atoms. The molecule has 3 nitrogen and oxygen atoms in total. The van der Waals surface area contributed by atoms with Crippen LogP contribution in [-0.4, -0.2) is 14.2 Å². The van der Waals surface area contributed by atoms with Gasteiger partial charge in [-0.1, -0.05) is 17.7 Å². The predicted octanol–water partition coefficient (Wildman–Crippen LogP) is 4.42. The topological polar surface area (TPSA) is 30.5 Å². The van der Waals surface area contributed by atoms with Crippen LogP contribution in [0.2, 0.25) is 5.02 Å². The number of methoxy groups -OCH3 is 2. The summed E-state index contributed by atoms with van der Waals surface area (Å²) in [4.78, 5) is 0. The van der Waals surface area contributed by atoms with Crippen molar-refractivity contribution in [2.24, 2.45) is 0 Å². The average Bonchev–Trinajstić information content (AvgIpc) is 2.49. The first kappa shape index (κ1) is 15.4. The molecule has 0 aliphatic heterocycles. The molecule has 0 spiro atoms. The summed E-state index contributed by atoms with van der Waals surface area (Å²) in [5, 5.41) is 3.71. The van der Waals surface area contributed by atoms with Gasteiger partial charge in [-0.2, -0.15) is 0 Å². The van der Waals surface area contributed by atoms with Gasteiger partial charge in [0.05, 0.1) is 19.2 Å². The number of nitrogens with one attached hydrogen (secondary N) is 1. The largest absolute Gasteiger partial charge is 0.493 e. The van der Waals surface area contributed by atoms with Crippen molar-refractivity contribution in [1.82, 2.24) is 0 Å². The van der Waals surface area contributed by atoms with Crippen LogP contribution < -0.4 is 14.8 Å². The lowest BCUT2D eigenvalue weighted by molar-refractivity contribution is 0.355. The van der Waals surface area contributed by atoms with E-state index in [2.05, 4.69) is 5.32 Å². The maximum absolute atomic E-state index is 13.2. The molecule has 0 fully saturated rings. The summed E-state index contributed by atoms with van der Waals surface area (Å²) in [5.41, 5.74) is 2.30. The van der Waals surface area contributed by atoms with Crippen molar-refractivity contribution in [3.8, 4) is 11.5 Å². The molecule has 0 amide bonds. The maximum atomic E-state index is 13.2. The fourth-order valence-electron chi connectivity index (χ4n) is 2.02. The molecule has 0 aromatic heterocycles. The number of benzene rings is 2. The van der Waals surface area contributed by atoms with Crippen LogP contribution in [0.4, 0.5) is 10.1 Å². The number of halogens is 2. The van der Waals surface area contributed by atoms with Crippen LogP contribution in [0.1, 0.15) is 11.1 Å². The minimum absolute atomic E-state index is 0.218. The van der Waals surface area contributed by atoms with E-state index in [4.69, 9.17) is 21.1 Å². The Morgan fingerprint density at radius 1 is 1.14 bits per heavy atom. The standard InChI is InChI=1S/C16H17ClFNO2/c1-10-8-12(5-6-13(10)18)19-9-11-4-7-14(20-2)16(21-3)15(11)17/h4-8,19H,9H2,1-3H3. The zero-order valence-electron chi connectivity index (χ0n) is 12.2.